The highest BCUT2D eigenvalue weighted by Crippen LogP contribution is 2.45. The first-order valence-corrected chi connectivity index (χ1v) is 18.6. The lowest BCUT2D eigenvalue weighted by atomic mass is 9.95. The van der Waals surface area contributed by atoms with Gasteiger partial charge in [-0.25, -0.2) is 4.98 Å². The molecule has 2 aliphatic rings. The zero-order chi connectivity index (χ0) is 37.0. The number of carbonyl (C=O) groups excluding carboxylic acids is 1. The van der Waals surface area contributed by atoms with Gasteiger partial charge in [0.05, 0.1) is 31.0 Å². The number of aliphatic hydroxyl groups is 1. The molecular weight excluding hydrogens is 798 g/mol. The van der Waals surface area contributed by atoms with Crippen LogP contribution in [0.2, 0.25) is 0 Å². The monoisotopic (exact) mass is 837 g/mol. The molecule has 3 heterocycles. The van der Waals surface area contributed by atoms with Crippen molar-refractivity contribution in [3.05, 3.63) is 85.8 Å². The molecule has 0 radical (unpaired) electrons. The van der Waals surface area contributed by atoms with Crippen molar-refractivity contribution in [2.24, 2.45) is 0 Å². The summed E-state index contributed by atoms with van der Waals surface area (Å²) in [6, 6.07) is 18.3. The van der Waals surface area contributed by atoms with Crippen LogP contribution in [0.15, 0.2) is 63.5 Å². The molecule has 1 unspecified atom stereocenters. The fourth-order valence-electron chi connectivity index (χ4n) is 6.58. The summed E-state index contributed by atoms with van der Waals surface area (Å²) in [5, 5.41) is 28.4. The van der Waals surface area contributed by atoms with Gasteiger partial charge in [0.1, 0.15) is 11.6 Å². The van der Waals surface area contributed by atoms with Gasteiger partial charge in [0.15, 0.2) is 0 Å². The van der Waals surface area contributed by atoms with Gasteiger partial charge < -0.3 is 35.1 Å². The first-order valence-electron chi connectivity index (χ1n) is 17.0. The fraction of sp³-hybridized carbons (Fsp3) is 0.368. The van der Waals surface area contributed by atoms with E-state index in [1.54, 1.807) is 13.2 Å². The number of rotatable bonds is 15. The lowest BCUT2D eigenvalue weighted by Gasteiger charge is -2.24. The molecule has 0 bridgehead atoms. The maximum absolute atomic E-state index is 11.6. The number of nitrogens with one attached hydrogen (secondary N) is 3. The summed E-state index contributed by atoms with van der Waals surface area (Å²) in [4.78, 5) is 32.7. The number of carbonyl (C=O) groups is 2. The SMILES string of the molecule is COc1nc(-c2cccc(-c3cccc4c3CC[C@@H]4Oc3nc(OC)c(CNC(C)(CO)C(=O)O)cc3Br)c2Br)ccc1CNC[C@@H]1CCC(=O)N1. The van der Waals surface area contributed by atoms with Crippen molar-refractivity contribution in [2.75, 3.05) is 27.4 Å². The predicted molar refractivity (Wildman–Crippen MR) is 202 cm³/mol. The lowest BCUT2D eigenvalue weighted by molar-refractivity contribution is -0.146. The molecule has 3 atom stereocenters. The maximum atomic E-state index is 11.6. The summed E-state index contributed by atoms with van der Waals surface area (Å²) >= 11 is 7.49. The smallest absolute Gasteiger partial charge is 0.326 e. The van der Waals surface area contributed by atoms with Gasteiger partial charge in [-0.05, 0) is 92.4 Å². The minimum atomic E-state index is -1.52. The van der Waals surface area contributed by atoms with Gasteiger partial charge in [-0.1, -0.05) is 42.5 Å². The summed E-state index contributed by atoms with van der Waals surface area (Å²) in [6.07, 6.45) is 2.71. The zero-order valence-electron chi connectivity index (χ0n) is 29.1. The van der Waals surface area contributed by atoms with Crippen LogP contribution < -0.4 is 30.2 Å². The zero-order valence-corrected chi connectivity index (χ0v) is 32.3. The van der Waals surface area contributed by atoms with Crippen LogP contribution in [0.4, 0.5) is 0 Å². The van der Waals surface area contributed by atoms with Crippen molar-refractivity contribution in [3.8, 4) is 40.0 Å². The summed E-state index contributed by atoms with van der Waals surface area (Å²) < 4.78 is 19.2. The topological polar surface area (TPSA) is 164 Å². The number of hydrogen-bond acceptors (Lipinski definition) is 10. The first-order chi connectivity index (χ1) is 25.0. The average Bonchev–Trinajstić information content (AvgIpc) is 3.76. The molecule has 1 amide bonds. The van der Waals surface area contributed by atoms with Crippen molar-refractivity contribution in [2.45, 2.75) is 63.4 Å². The number of halogens is 2. The third-order valence-corrected chi connectivity index (χ3v) is 11.0. The van der Waals surface area contributed by atoms with Crippen LogP contribution >= 0.6 is 31.9 Å². The maximum Gasteiger partial charge on any atom is 0.326 e. The number of hydrogen-bond donors (Lipinski definition) is 5. The number of amides is 1. The Kier molecular flexibility index (Phi) is 11.8. The van der Waals surface area contributed by atoms with E-state index in [0.29, 0.717) is 41.3 Å². The summed E-state index contributed by atoms with van der Waals surface area (Å²) in [6.45, 7) is 2.20. The Morgan fingerprint density at radius 2 is 1.67 bits per heavy atom. The Labute approximate surface area is 319 Å². The molecule has 1 aliphatic carbocycles. The number of aliphatic carboxylic acids is 1. The molecule has 274 valence electrons. The van der Waals surface area contributed by atoms with Crippen LogP contribution in [0.25, 0.3) is 22.4 Å². The van der Waals surface area contributed by atoms with E-state index in [4.69, 9.17) is 19.2 Å². The highest BCUT2D eigenvalue weighted by Gasteiger charge is 2.33. The van der Waals surface area contributed by atoms with Crippen molar-refractivity contribution < 1.29 is 34.0 Å². The second-order valence-electron chi connectivity index (χ2n) is 13.1. The predicted octanol–water partition coefficient (Wildman–Crippen LogP) is 5.71. The number of aromatic nitrogens is 2. The molecule has 0 saturated carbocycles. The van der Waals surface area contributed by atoms with E-state index in [0.717, 1.165) is 57.2 Å². The Hall–Kier alpha value is -4.08. The van der Waals surface area contributed by atoms with E-state index in [9.17, 15) is 19.8 Å². The third-order valence-electron chi connectivity index (χ3n) is 9.59. The highest BCUT2D eigenvalue weighted by atomic mass is 79.9. The fourth-order valence-corrected chi connectivity index (χ4v) is 7.71. The number of benzene rings is 2. The van der Waals surface area contributed by atoms with Crippen LogP contribution in [0.1, 0.15) is 54.5 Å². The van der Waals surface area contributed by atoms with E-state index >= 15 is 0 Å². The van der Waals surface area contributed by atoms with E-state index in [1.165, 1.54) is 19.6 Å². The number of carboxylic acid groups (broad SMARTS) is 1. The first kappa shape index (κ1) is 37.7. The molecular formula is C38H41Br2N5O7. The van der Waals surface area contributed by atoms with Crippen molar-refractivity contribution in [1.29, 1.82) is 0 Å². The minimum Gasteiger partial charge on any atom is -0.481 e. The van der Waals surface area contributed by atoms with Crippen LogP contribution in [0, 0.1) is 0 Å². The third kappa shape index (κ3) is 7.96. The van der Waals surface area contributed by atoms with Gasteiger partial charge in [-0.3, -0.25) is 14.9 Å². The lowest BCUT2D eigenvalue weighted by Crippen LogP contribution is -2.52. The van der Waals surface area contributed by atoms with Crippen LogP contribution in [-0.4, -0.2) is 71.0 Å². The van der Waals surface area contributed by atoms with Gasteiger partial charge in [-0.2, -0.15) is 4.98 Å². The molecule has 1 saturated heterocycles. The molecule has 6 rings (SSSR count). The van der Waals surface area contributed by atoms with Gasteiger partial charge in [-0.15, -0.1) is 0 Å². The Morgan fingerprint density at radius 3 is 2.38 bits per heavy atom. The summed E-state index contributed by atoms with van der Waals surface area (Å²) in [5.74, 6) is 0.132. The summed E-state index contributed by atoms with van der Waals surface area (Å²) in [5.41, 5.74) is 6.13. The molecule has 4 aromatic rings. The molecule has 52 heavy (non-hydrogen) atoms. The van der Waals surface area contributed by atoms with Gasteiger partial charge in [0.2, 0.25) is 23.5 Å². The van der Waals surface area contributed by atoms with Crippen LogP contribution in [-0.2, 0) is 29.1 Å². The van der Waals surface area contributed by atoms with Gasteiger partial charge in [0, 0.05) is 53.3 Å². The molecule has 12 nitrogen and oxygen atoms in total. The number of carboxylic acids is 1. The number of pyridine rings is 2. The summed E-state index contributed by atoms with van der Waals surface area (Å²) in [7, 11) is 3.11. The normalized spacial score (nSPS) is 17.7. The number of nitrogens with zero attached hydrogens (tertiary/aromatic N) is 2. The number of ether oxygens (including phenoxy) is 3. The van der Waals surface area contributed by atoms with E-state index in [1.807, 2.05) is 30.3 Å². The molecule has 0 spiro atoms. The molecule has 1 fully saturated rings. The van der Waals surface area contributed by atoms with Gasteiger partial charge in [0.25, 0.3) is 0 Å². The number of methoxy groups -OCH3 is 2. The highest BCUT2D eigenvalue weighted by molar-refractivity contribution is 9.11. The largest absolute Gasteiger partial charge is 0.481 e. The van der Waals surface area contributed by atoms with Crippen molar-refractivity contribution in [3.63, 3.8) is 0 Å². The Balaban J connectivity index is 1.20. The van der Waals surface area contributed by atoms with E-state index < -0.39 is 18.1 Å². The minimum absolute atomic E-state index is 0.102. The van der Waals surface area contributed by atoms with E-state index in [-0.39, 0.29) is 30.5 Å². The number of fused-ring (bicyclic) bond motifs is 1. The van der Waals surface area contributed by atoms with Gasteiger partial charge >= 0.3 is 5.97 Å². The Bertz CT molecular complexity index is 1980. The standard InChI is InChI=1S/C38H41Br2N5O7/c1-38(20-46,37(48)49)42-18-22-16-29(39)36(45-35(22)51-3)52-31-14-12-25-24(6-4-7-26(25)31)27-8-5-9-28(33(27)40)30-13-10-21(34(44-30)50-2)17-41-19-23-11-15-32(47)43-23/h4-10,13,16,23,31,41-42,46H,11-12,14-15,17-20H2,1-3H3,(H,43,47)(H,48,49)/t23-,31-,38?/m0/s1. The van der Waals surface area contributed by atoms with Crippen LogP contribution in [0.5, 0.6) is 17.6 Å². The van der Waals surface area contributed by atoms with Crippen molar-refractivity contribution >= 4 is 43.7 Å². The molecule has 5 N–H and O–H groups in total. The molecule has 2 aromatic heterocycles. The second-order valence-corrected chi connectivity index (χ2v) is 14.7. The number of aliphatic hydroxyl groups excluding tert-OH is 1. The van der Waals surface area contributed by atoms with Crippen molar-refractivity contribution in [1.82, 2.24) is 25.9 Å². The second kappa shape index (κ2) is 16.3. The van der Waals surface area contributed by atoms with Crippen LogP contribution in [0.3, 0.4) is 0 Å². The Morgan fingerprint density at radius 1 is 0.942 bits per heavy atom. The van der Waals surface area contributed by atoms with E-state index in [2.05, 4.69) is 71.0 Å². The quantitative estimate of drug-likeness (QED) is 0.0997. The molecule has 2 aromatic carbocycles. The average molecular weight is 840 g/mol. The molecule has 1 aliphatic heterocycles. The molecule has 14 heteroatoms.